The fraction of sp³-hybridized carbons (Fsp3) is 0.471. The lowest BCUT2D eigenvalue weighted by Gasteiger charge is -2.28. The van der Waals surface area contributed by atoms with E-state index in [1.807, 2.05) is 29.3 Å². The Hall–Kier alpha value is -2.41. The minimum Gasteiger partial charge on any atom is -0.481 e. The Morgan fingerprint density at radius 3 is 2.83 bits per heavy atom. The van der Waals surface area contributed by atoms with Gasteiger partial charge >= 0.3 is 5.97 Å². The normalized spacial score (nSPS) is 21.6. The summed E-state index contributed by atoms with van der Waals surface area (Å²) in [5.41, 5.74) is 1.79. The number of carbonyl (C=O) groups is 3. The average Bonchev–Trinajstić information content (AvgIpc) is 2.96. The van der Waals surface area contributed by atoms with Gasteiger partial charge in [0.05, 0.1) is 6.42 Å². The SMILES string of the molecule is CC(CC(=O)O)C(=O)N[C@@H]1C(=O)N2CCCN2Cc2ccccc21. The molecule has 1 unspecified atom stereocenters. The van der Waals surface area contributed by atoms with Crippen LogP contribution >= 0.6 is 0 Å². The predicted octanol–water partition coefficient (Wildman–Crippen LogP) is 0.918. The number of fused-ring (bicyclic) bond motifs is 2. The van der Waals surface area contributed by atoms with E-state index in [4.69, 9.17) is 5.11 Å². The van der Waals surface area contributed by atoms with Crippen LogP contribution < -0.4 is 5.32 Å². The van der Waals surface area contributed by atoms with Crippen LogP contribution in [0.5, 0.6) is 0 Å². The zero-order valence-electron chi connectivity index (χ0n) is 13.6. The molecular weight excluding hydrogens is 310 g/mol. The summed E-state index contributed by atoms with van der Waals surface area (Å²) in [4.78, 5) is 36.1. The van der Waals surface area contributed by atoms with Crippen LogP contribution in [0.15, 0.2) is 24.3 Å². The Balaban J connectivity index is 1.88. The molecule has 7 heteroatoms. The second-order valence-electron chi connectivity index (χ2n) is 6.34. The third kappa shape index (κ3) is 3.12. The van der Waals surface area contributed by atoms with Crippen molar-refractivity contribution in [2.75, 3.05) is 13.1 Å². The molecule has 1 saturated heterocycles. The van der Waals surface area contributed by atoms with Crippen molar-refractivity contribution in [1.82, 2.24) is 15.3 Å². The van der Waals surface area contributed by atoms with Crippen LogP contribution in [0.2, 0.25) is 0 Å². The molecule has 2 aliphatic rings. The van der Waals surface area contributed by atoms with E-state index in [0.29, 0.717) is 13.1 Å². The summed E-state index contributed by atoms with van der Waals surface area (Å²) in [6, 6.07) is 6.81. The van der Waals surface area contributed by atoms with Gasteiger partial charge in [-0.3, -0.25) is 19.4 Å². The number of nitrogens with zero attached hydrogens (tertiary/aromatic N) is 2. The number of carboxylic acids is 1. The molecule has 1 fully saturated rings. The number of hydrazine groups is 1. The quantitative estimate of drug-likeness (QED) is 0.856. The highest BCUT2D eigenvalue weighted by molar-refractivity contribution is 5.91. The van der Waals surface area contributed by atoms with Crippen LogP contribution in [0.1, 0.15) is 36.9 Å². The molecular formula is C17H21N3O4. The summed E-state index contributed by atoms with van der Waals surface area (Å²) in [5.74, 6) is -2.30. The molecule has 2 aliphatic heterocycles. The molecule has 7 nitrogen and oxygen atoms in total. The molecule has 0 saturated carbocycles. The minimum absolute atomic E-state index is 0.159. The number of hydrogen-bond acceptors (Lipinski definition) is 4. The van der Waals surface area contributed by atoms with Crippen molar-refractivity contribution in [2.45, 2.75) is 32.4 Å². The first-order chi connectivity index (χ1) is 11.5. The van der Waals surface area contributed by atoms with E-state index in [0.717, 1.165) is 24.1 Å². The number of rotatable bonds is 4. The number of aliphatic carboxylic acids is 1. The highest BCUT2D eigenvalue weighted by atomic mass is 16.4. The molecule has 0 radical (unpaired) electrons. The van der Waals surface area contributed by atoms with E-state index >= 15 is 0 Å². The van der Waals surface area contributed by atoms with E-state index in [2.05, 4.69) is 5.32 Å². The first-order valence-electron chi connectivity index (χ1n) is 8.13. The highest BCUT2D eigenvalue weighted by Crippen LogP contribution is 2.29. The third-order valence-corrected chi connectivity index (χ3v) is 4.56. The zero-order chi connectivity index (χ0) is 17.3. The monoisotopic (exact) mass is 331 g/mol. The lowest BCUT2D eigenvalue weighted by Crippen LogP contribution is -2.46. The molecule has 0 bridgehead atoms. The second-order valence-corrected chi connectivity index (χ2v) is 6.34. The smallest absolute Gasteiger partial charge is 0.304 e. The maximum absolute atomic E-state index is 12.9. The summed E-state index contributed by atoms with van der Waals surface area (Å²) in [7, 11) is 0. The maximum atomic E-state index is 12.9. The number of nitrogens with one attached hydrogen (secondary N) is 1. The molecule has 2 N–H and O–H groups in total. The molecule has 0 spiro atoms. The van der Waals surface area contributed by atoms with Gasteiger partial charge in [0.25, 0.3) is 5.91 Å². The van der Waals surface area contributed by atoms with Gasteiger partial charge in [0.1, 0.15) is 6.04 Å². The van der Waals surface area contributed by atoms with Gasteiger partial charge in [-0.1, -0.05) is 31.2 Å². The van der Waals surface area contributed by atoms with E-state index in [-0.39, 0.29) is 12.3 Å². The minimum atomic E-state index is -1.03. The van der Waals surface area contributed by atoms with Gasteiger partial charge in [0.2, 0.25) is 5.91 Å². The number of benzene rings is 1. The molecule has 24 heavy (non-hydrogen) atoms. The molecule has 1 aromatic rings. The Bertz CT molecular complexity index is 676. The maximum Gasteiger partial charge on any atom is 0.304 e. The van der Waals surface area contributed by atoms with Gasteiger partial charge < -0.3 is 10.4 Å². The third-order valence-electron chi connectivity index (χ3n) is 4.56. The lowest BCUT2D eigenvalue weighted by molar-refractivity contribution is -0.148. The Morgan fingerprint density at radius 2 is 2.08 bits per heavy atom. The Labute approximate surface area is 140 Å². The van der Waals surface area contributed by atoms with E-state index in [9.17, 15) is 14.4 Å². The lowest BCUT2D eigenvalue weighted by atomic mass is 9.98. The van der Waals surface area contributed by atoms with Crippen LogP contribution in [0.3, 0.4) is 0 Å². The predicted molar refractivity (Wildman–Crippen MR) is 85.5 cm³/mol. The van der Waals surface area contributed by atoms with Gasteiger partial charge in [0.15, 0.2) is 0 Å². The van der Waals surface area contributed by atoms with Crippen LogP contribution in [0, 0.1) is 5.92 Å². The average molecular weight is 331 g/mol. The summed E-state index contributed by atoms with van der Waals surface area (Å²) in [5, 5.41) is 15.3. The van der Waals surface area contributed by atoms with Gasteiger partial charge in [-0.2, -0.15) is 0 Å². The van der Waals surface area contributed by atoms with Crippen molar-refractivity contribution in [1.29, 1.82) is 0 Å². The summed E-state index contributed by atoms with van der Waals surface area (Å²) >= 11 is 0. The van der Waals surface area contributed by atoms with Crippen molar-refractivity contribution in [3.63, 3.8) is 0 Å². The number of hydrogen-bond donors (Lipinski definition) is 2. The van der Waals surface area contributed by atoms with Gasteiger partial charge in [0, 0.05) is 25.6 Å². The van der Waals surface area contributed by atoms with E-state index in [1.54, 1.807) is 11.9 Å². The van der Waals surface area contributed by atoms with Crippen molar-refractivity contribution in [3.8, 4) is 0 Å². The number of amides is 2. The van der Waals surface area contributed by atoms with Crippen LogP contribution in [0.25, 0.3) is 0 Å². The van der Waals surface area contributed by atoms with E-state index in [1.165, 1.54) is 0 Å². The van der Waals surface area contributed by atoms with Gasteiger partial charge in [-0.25, -0.2) is 5.01 Å². The molecule has 2 atom stereocenters. The van der Waals surface area contributed by atoms with Crippen molar-refractivity contribution in [2.24, 2.45) is 5.92 Å². The summed E-state index contributed by atoms with van der Waals surface area (Å²) in [6.45, 7) is 3.65. The summed E-state index contributed by atoms with van der Waals surface area (Å²) < 4.78 is 0. The van der Waals surface area contributed by atoms with Crippen molar-refractivity contribution in [3.05, 3.63) is 35.4 Å². The first-order valence-corrected chi connectivity index (χ1v) is 8.13. The van der Waals surface area contributed by atoms with Gasteiger partial charge in [-0.15, -0.1) is 0 Å². The van der Waals surface area contributed by atoms with Crippen molar-refractivity contribution < 1.29 is 19.5 Å². The standard InChI is InChI=1S/C17H21N3O4/c1-11(9-14(21)22)16(23)18-15-13-6-3-2-5-12(13)10-19-7-4-8-20(19)17(15)24/h2-3,5-6,11,15H,4,7-10H2,1H3,(H,18,23)(H,21,22)/t11?,15-/m0/s1. The summed E-state index contributed by atoms with van der Waals surface area (Å²) in [6.07, 6.45) is 0.647. The zero-order valence-corrected chi connectivity index (χ0v) is 13.6. The fourth-order valence-corrected chi connectivity index (χ4v) is 3.30. The molecule has 2 heterocycles. The largest absolute Gasteiger partial charge is 0.481 e. The van der Waals surface area contributed by atoms with E-state index < -0.39 is 23.8 Å². The Morgan fingerprint density at radius 1 is 1.33 bits per heavy atom. The van der Waals surface area contributed by atoms with Gasteiger partial charge in [-0.05, 0) is 17.5 Å². The van der Waals surface area contributed by atoms with Crippen LogP contribution in [-0.4, -0.2) is 46.0 Å². The molecule has 0 aromatic heterocycles. The fourth-order valence-electron chi connectivity index (χ4n) is 3.30. The molecule has 0 aliphatic carbocycles. The molecule has 2 amide bonds. The molecule has 3 rings (SSSR count). The first kappa shape index (κ1) is 16.4. The van der Waals surface area contributed by atoms with Crippen LogP contribution in [-0.2, 0) is 20.9 Å². The number of carboxylic acid groups (broad SMARTS) is 1. The molecule has 1 aromatic carbocycles. The topological polar surface area (TPSA) is 89.9 Å². The van der Waals surface area contributed by atoms with Crippen molar-refractivity contribution >= 4 is 17.8 Å². The van der Waals surface area contributed by atoms with Crippen LogP contribution in [0.4, 0.5) is 0 Å². The second kappa shape index (κ2) is 6.60. The molecule has 128 valence electrons. The highest BCUT2D eigenvalue weighted by Gasteiger charge is 2.38. The Kier molecular flexibility index (Phi) is 4.53. The number of carbonyl (C=O) groups excluding carboxylic acids is 2.